The minimum atomic E-state index is 0.460. The van der Waals surface area contributed by atoms with Crippen molar-refractivity contribution < 1.29 is 0 Å². The van der Waals surface area contributed by atoms with Crippen molar-refractivity contribution in [2.75, 3.05) is 0 Å². The van der Waals surface area contributed by atoms with Crippen LogP contribution in [-0.4, -0.2) is 19.3 Å². The summed E-state index contributed by atoms with van der Waals surface area (Å²) in [6, 6.07) is 3.34. The molecule has 1 saturated carbocycles. The van der Waals surface area contributed by atoms with Crippen molar-refractivity contribution in [3.05, 3.63) is 38.7 Å². The SMILES string of the molecule is Cc1nn(-c2c(Cl)cc(Cl)cc2Cl)c2nc(C)n(CC3CC3)c12. The summed E-state index contributed by atoms with van der Waals surface area (Å²) in [4.78, 5) is 4.71. The van der Waals surface area contributed by atoms with Gasteiger partial charge in [0.1, 0.15) is 17.0 Å². The molecule has 7 heteroatoms. The van der Waals surface area contributed by atoms with E-state index in [1.165, 1.54) is 12.8 Å². The van der Waals surface area contributed by atoms with E-state index in [4.69, 9.17) is 39.8 Å². The minimum absolute atomic E-state index is 0.460. The maximum absolute atomic E-state index is 6.36. The molecular weight excluding hydrogens is 355 g/mol. The summed E-state index contributed by atoms with van der Waals surface area (Å²) >= 11 is 18.7. The maximum Gasteiger partial charge on any atom is 0.181 e. The summed E-state index contributed by atoms with van der Waals surface area (Å²) < 4.78 is 3.98. The standard InChI is InChI=1S/C16H15Cl3N4/c1-8-14-16(20-9(2)22(14)7-10-3-4-10)23(21-8)15-12(18)5-11(17)6-13(15)19/h5-6,10H,3-4,7H2,1-2H3. The van der Waals surface area contributed by atoms with Gasteiger partial charge in [0.15, 0.2) is 5.65 Å². The van der Waals surface area contributed by atoms with Crippen LogP contribution in [0.5, 0.6) is 0 Å². The maximum atomic E-state index is 6.36. The van der Waals surface area contributed by atoms with Gasteiger partial charge in [-0.1, -0.05) is 34.8 Å². The van der Waals surface area contributed by atoms with Crippen LogP contribution in [0.25, 0.3) is 16.9 Å². The van der Waals surface area contributed by atoms with Gasteiger partial charge in [-0.25, -0.2) is 9.67 Å². The van der Waals surface area contributed by atoms with E-state index in [0.29, 0.717) is 20.8 Å². The fraction of sp³-hybridized carbons (Fsp3) is 0.375. The third-order valence-electron chi connectivity index (χ3n) is 4.26. The molecule has 2 heterocycles. The predicted molar refractivity (Wildman–Crippen MR) is 94.1 cm³/mol. The highest BCUT2D eigenvalue weighted by Crippen LogP contribution is 2.36. The Hall–Kier alpha value is -1.23. The van der Waals surface area contributed by atoms with Crippen LogP contribution in [0, 0.1) is 19.8 Å². The zero-order chi connectivity index (χ0) is 16.3. The molecule has 4 nitrogen and oxygen atoms in total. The first kappa shape index (κ1) is 15.3. The first-order valence-corrected chi connectivity index (χ1v) is 8.66. The second-order valence-electron chi connectivity index (χ2n) is 6.10. The van der Waals surface area contributed by atoms with Crippen LogP contribution in [0.4, 0.5) is 0 Å². The summed E-state index contributed by atoms with van der Waals surface area (Å²) in [5.74, 6) is 1.75. The van der Waals surface area contributed by atoms with Crippen LogP contribution in [0.1, 0.15) is 24.4 Å². The molecule has 1 aliphatic rings. The Morgan fingerprint density at radius 1 is 1.13 bits per heavy atom. The van der Waals surface area contributed by atoms with Gasteiger partial charge in [0.2, 0.25) is 0 Å². The van der Waals surface area contributed by atoms with E-state index in [1.807, 2.05) is 13.8 Å². The van der Waals surface area contributed by atoms with Crippen LogP contribution in [-0.2, 0) is 6.54 Å². The van der Waals surface area contributed by atoms with E-state index in [2.05, 4.69) is 9.67 Å². The molecule has 120 valence electrons. The molecule has 23 heavy (non-hydrogen) atoms. The minimum Gasteiger partial charge on any atom is -0.325 e. The highest BCUT2D eigenvalue weighted by atomic mass is 35.5. The van der Waals surface area contributed by atoms with Gasteiger partial charge in [-0.15, -0.1) is 0 Å². The average Bonchev–Trinajstić information content (AvgIpc) is 3.14. The Balaban J connectivity index is 1.95. The van der Waals surface area contributed by atoms with Crippen LogP contribution < -0.4 is 0 Å². The van der Waals surface area contributed by atoms with E-state index in [1.54, 1.807) is 16.8 Å². The number of aromatic nitrogens is 4. The van der Waals surface area contributed by atoms with Crippen molar-refractivity contribution in [3.8, 4) is 5.69 Å². The summed E-state index contributed by atoms with van der Waals surface area (Å²) in [6.45, 7) is 5.01. The summed E-state index contributed by atoms with van der Waals surface area (Å²) in [5, 5.41) is 6.04. The number of imidazole rings is 1. The Morgan fingerprint density at radius 2 is 1.78 bits per heavy atom. The molecule has 0 radical (unpaired) electrons. The number of benzene rings is 1. The summed E-state index contributed by atoms with van der Waals surface area (Å²) in [7, 11) is 0. The van der Waals surface area contributed by atoms with Crippen molar-refractivity contribution >= 4 is 46.0 Å². The molecule has 0 atom stereocenters. The molecule has 4 rings (SSSR count). The molecule has 0 bridgehead atoms. The lowest BCUT2D eigenvalue weighted by molar-refractivity contribution is 0.624. The number of rotatable bonds is 3. The Kier molecular flexibility index (Phi) is 3.59. The molecule has 1 aliphatic carbocycles. The Labute approximate surface area is 149 Å². The summed E-state index contributed by atoms with van der Waals surface area (Å²) in [5.41, 5.74) is 3.37. The van der Waals surface area contributed by atoms with Gasteiger partial charge in [0, 0.05) is 11.6 Å². The van der Waals surface area contributed by atoms with Crippen molar-refractivity contribution in [1.82, 2.24) is 19.3 Å². The number of halogens is 3. The predicted octanol–water partition coefficient (Wildman–Crippen LogP) is 5.21. The van der Waals surface area contributed by atoms with Crippen LogP contribution in [0.2, 0.25) is 15.1 Å². The molecule has 0 unspecified atom stereocenters. The van der Waals surface area contributed by atoms with Crippen LogP contribution >= 0.6 is 34.8 Å². The van der Waals surface area contributed by atoms with Crippen LogP contribution in [0.3, 0.4) is 0 Å². The third kappa shape index (κ3) is 2.53. The van der Waals surface area contributed by atoms with Crippen LogP contribution in [0.15, 0.2) is 12.1 Å². The second-order valence-corrected chi connectivity index (χ2v) is 7.35. The highest BCUT2D eigenvalue weighted by molar-refractivity contribution is 6.40. The molecule has 0 saturated heterocycles. The van der Waals surface area contributed by atoms with E-state index in [0.717, 1.165) is 35.1 Å². The van der Waals surface area contributed by atoms with Gasteiger partial charge in [0.25, 0.3) is 0 Å². The van der Waals surface area contributed by atoms with Crippen molar-refractivity contribution in [1.29, 1.82) is 0 Å². The molecule has 0 spiro atoms. The van der Waals surface area contributed by atoms with Crippen molar-refractivity contribution in [2.45, 2.75) is 33.2 Å². The number of fused-ring (bicyclic) bond motifs is 1. The number of hydrogen-bond acceptors (Lipinski definition) is 2. The molecule has 1 aromatic carbocycles. The normalized spacial score (nSPS) is 14.8. The molecule has 2 aromatic heterocycles. The highest BCUT2D eigenvalue weighted by Gasteiger charge is 2.26. The van der Waals surface area contributed by atoms with E-state index < -0.39 is 0 Å². The zero-order valence-electron chi connectivity index (χ0n) is 12.8. The zero-order valence-corrected chi connectivity index (χ0v) is 15.0. The lowest BCUT2D eigenvalue weighted by Crippen LogP contribution is -2.03. The van der Waals surface area contributed by atoms with Crippen molar-refractivity contribution in [3.63, 3.8) is 0 Å². The Bertz CT molecular complexity index is 898. The number of hydrogen-bond donors (Lipinski definition) is 0. The first-order chi connectivity index (χ1) is 11.0. The molecule has 0 aliphatic heterocycles. The van der Waals surface area contributed by atoms with E-state index in [9.17, 15) is 0 Å². The monoisotopic (exact) mass is 368 g/mol. The second kappa shape index (κ2) is 5.40. The lowest BCUT2D eigenvalue weighted by Gasteiger charge is -2.07. The van der Waals surface area contributed by atoms with Gasteiger partial charge >= 0.3 is 0 Å². The van der Waals surface area contributed by atoms with Gasteiger partial charge in [-0.05, 0) is 44.7 Å². The molecular formula is C16H15Cl3N4. The molecule has 1 fully saturated rings. The summed E-state index contributed by atoms with van der Waals surface area (Å²) in [6.07, 6.45) is 2.59. The smallest absolute Gasteiger partial charge is 0.181 e. The average molecular weight is 370 g/mol. The molecule has 0 N–H and O–H groups in total. The molecule has 3 aromatic rings. The van der Waals surface area contributed by atoms with Gasteiger partial charge < -0.3 is 4.57 Å². The Morgan fingerprint density at radius 3 is 2.39 bits per heavy atom. The molecule has 0 amide bonds. The van der Waals surface area contributed by atoms with E-state index >= 15 is 0 Å². The lowest BCUT2D eigenvalue weighted by atomic mass is 10.3. The number of nitrogens with zero attached hydrogens (tertiary/aromatic N) is 4. The topological polar surface area (TPSA) is 35.6 Å². The first-order valence-electron chi connectivity index (χ1n) is 7.53. The third-order valence-corrected chi connectivity index (χ3v) is 5.06. The van der Waals surface area contributed by atoms with Gasteiger partial charge in [-0.2, -0.15) is 5.10 Å². The fourth-order valence-electron chi connectivity index (χ4n) is 2.97. The number of aryl methyl sites for hydroxylation is 2. The largest absolute Gasteiger partial charge is 0.325 e. The fourth-order valence-corrected chi connectivity index (χ4v) is 3.95. The quantitative estimate of drug-likeness (QED) is 0.635. The van der Waals surface area contributed by atoms with Gasteiger partial charge in [0.05, 0.1) is 15.7 Å². The van der Waals surface area contributed by atoms with E-state index in [-0.39, 0.29) is 0 Å². The van der Waals surface area contributed by atoms with Crippen molar-refractivity contribution in [2.24, 2.45) is 5.92 Å². The van der Waals surface area contributed by atoms with Gasteiger partial charge in [-0.3, -0.25) is 0 Å².